The van der Waals surface area contributed by atoms with Gasteiger partial charge in [-0.05, 0) is 31.2 Å². The molecule has 140 valence electrons. The molecule has 0 aliphatic heterocycles. The highest BCUT2D eigenvalue weighted by Crippen LogP contribution is 2.33. The third kappa shape index (κ3) is 3.71. The van der Waals surface area contributed by atoms with Gasteiger partial charge in [-0.3, -0.25) is 4.79 Å². The van der Waals surface area contributed by atoms with Crippen molar-refractivity contribution in [2.75, 3.05) is 13.7 Å². The summed E-state index contributed by atoms with van der Waals surface area (Å²) in [4.78, 5) is 24.5. The molecule has 0 radical (unpaired) electrons. The van der Waals surface area contributed by atoms with Crippen molar-refractivity contribution in [3.8, 4) is 17.0 Å². The van der Waals surface area contributed by atoms with Crippen LogP contribution in [0.5, 0.6) is 5.75 Å². The number of pyridine rings is 1. The average molecular weight is 373 g/mol. The molecule has 9 heteroatoms. The van der Waals surface area contributed by atoms with Crippen molar-refractivity contribution in [3.63, 3.8) is 0 Å². The number of ether oxygens (including phenoxy) is 2. The molecule has 2 rings (SSSR count). The normalized spacial score (nSPS) is 11.3. The Morgan fingerprint density at radius 3 is 2.38 bits per heavy atom. The van der Waals surface area contributed by atoms with Gasteiger partial charge in [0.2, 0.25) is 0 Å². The van der Waals surface area contributed by atoms with Crippen LogP contribution in [0.2, 0.25) is 0 Å². The summed E-state index contributed by atoms with van der Waals surface area (Å²) in [5.74, 6) is -2.33. The van der Waals surface area contributed by atoms with Crippen LogP contribution >= 0.6 is 0 Å². The van der Waals surface area contributed by atoms with E-state index in [0.29, 0.717) is 12.1 Å². The third-order valence-corrected chi connectivity index (χ3v) is 3.61. The maximum absolute atomic E-state index is 13.7. The Morgan fingerprint density at radius 1 is 1.19 bits per heavy atom. The number of carbonyl (C=O) groups is 1. The molecule has 0 saturated carbocycles. The average Bonchev–Trinajstić information content (AvgIpc) is 2.55. The second-order valence-electron chi connectivity index (χ2n) is 5.29. The second-order valence-corrected chi connectivity index (χ2v) is 5.29. The number of aromatic nitrogens is 1. The van der Waals surface area contributed by atoms with Crippen LogP contribution in [0.15, 0.2) is 29.1 Å². The molecule has 5 nitrogen and oxygen atoms in total. The largest absolute Gasteiger partial charge is 0.490 e. The monoisotopic (exact) mass is 373 g/mol. The SMILES string of the molecule is CCOC(=O)c1cc(-c2cc(F)cc(C(F)(F)F)c2)n(C)c(=O)c1OC. The second kappa shape index (κ2) is 7.19. The lowest BCUT2D eigenvalue weighted by Crippen LogP contribution is -2.24. The van der Waals surface area contributed by atoms with E-state index in [2.05, 4.69) is 0 Å². The number of alkyl halides is 3. The fourth-order valence-corrected chi connectivity index (χ4v) is 2.41. The first-order valence-electron chi connectivity index (χ1n) is 7.43. The van der Waals surface area contributed by atoms with Crippen molar-refractivity contribution in [2.24, 2.45) is 7.05 Å². The Hall–Kier alpha value is -2.84. The number of nitrogens with zero attached hydrogens (tertiary/aromatic N) is 1. The molecule has 0 bridgehead atoms. The van der Waals surface area contributed by atoms with E-state index in [0.717, 1.165) is 16.7 Å². The Labute approximate surface area is 145 Å². The lowest BCUT2D eigenvalue weighted by molar-refractivity contribution is -0.137. The Balaban J connectivity index is 2.77. The molecule has 0 aliphatic carbocycles. The third-order valence-electron chi connectivity index (χ3n) is 3.61. The van der Waals surface area contributed by atoms with Crippen LogP contribution in [-0.2, 0) is 18.0 Å². The molecule has 0 atom stereocenters. The summed E-state index contributed by atoms with van der Waals surface area (Å²) >= 11 is 0. The van der Waals surface area contributed by atoms with Gasteiger partial charge in [-0.2, -0.15) is 13.2 Å². The minimum absolute atomic E-state index is 0.0186. The highest BCUT2D eigenvalue weighted by atomic mass is 19.4. The molecule has 0 spiro atoms. The molecule has 1 heterocycles. The van der Waals surface area contributed by atoms with Gasteiger partial charge >= 0.3 is 12.1 Å². The Bertz CT molecular complexity index is 903. The van der Waals surface area contributed by atoms with Crippen molar-refractivity contribution in [1.29, 1.82) is 0 Å². The zero-order valence-corrected chi connectivity index (χ0v) is 14.1. The van der Waals surface area contributed by atoms with E-state index >= 15 is 0 Å². The van der Waals surface area contributed by atoms with E-state index in [4.69, 9.17) is 9.47 Å². The van der Waals surface area contributed by atoms with Gasteiger partial charge < -0.3 is 14.0 Å². The van der Waals surface area contributed by atoms with E-state index in [1.165, 1.54) is 14.2 Å². The van der Waals surface area contributed by atoms with Crippen molar-refractivity contribution in [1.82, 2.24) is 4.57 Å². The lowest BCUT2D eigenvalue weighted by atomic mass is 10.0. The van der Waals surface area contributed by atoms with Crippen LogP contribution in [-0.4, -0.2) is 24.3 Å². The molecule has 26 heavy (non-hydrogen) atoms. The van der Waals surface area contributed by atoms with E-state index in [1.807, 2.05) is 0 Å². The van der Waals surface area contributed by atoms with E-state index in [-0.39, 0.29) is 29.2 Å². The van der Waals surface area contributed by atoms with Gasteiger partial charge in [0, 0.05) is 12.6 Å². The lowest BCUT2D eigenvalue weighted by Gasteiger charge is -2.15. The van der Waals surface area contributed by atoms with E-state index in [9.17, 15) is 27.2 Å². The standard InChI is InChI=1S/C17H15F4NO4/c1-4-26-16(24)12-8-13(22(2)15(23)14(12)25-3)9-5-10(17(19,20)21)7-11(18)6-9/h5-8H,4H2,1-3H3. The van der Waals surface area contributed by atoms with Gasteiger partial charge in [0.15, 0.2) is 5.75 Å². The Kier molecular flexibility index (Phi) is 5.38. The van der Waals surface area contributed by atoms with Crippen LogP contribution in [0, 0.1) is 5.82 Å². The van der Waals surface area contributed by atoms with Crippen LogP contribution in [0.4, 0.5) is 17.6 Å². The summed E-state index contributed by atoms with van der Waals surface area (Å²) in [6.45, 7) is 1.57. The summed E-state index contributed by atoms with van der Waals surface area (Å²) in [5.41, 5.74) is -2.56. The van der Waals surface area contributed by atoms with Crippen molar-refractivity contribution in [2.45, 2.75) is 13.1 Å². The molecule has 0 unspecified atom stereocenters. The van der Waals surface area contributed by atoms with Crippen molar-refractivity contribution >= 4 is 5.97 Å². The number of rotatable bonds is 4. The fourth-order valence-electron chi connectivity index (χ4n) is 2.41. The number of hydrogen-bond donors (Lipinski definition) is 0. The molecule has 0 amide bonds. The molecular formula is C17H15F4NO4. The van der Waals surface area contributed by atoms with Crippen molar-refractivity contribution in [3.05, 3.63) is 51.6 Å². The summed E-state index contributed by atoms with van der Waals surface area (Å²) in [6, 6.07) is 3.01. The molecule has 2 aromatic rings. The summed E-state index contributed by atoms with van der Waals surface area (Å²) < 4.78 is 63.3. The highest BCUT2D eigenvalue weighted by molar-refractivity contribution is 5.93. The van der Waals surface area contributed by atoms with Gasteiger partial charge in [0.1, 0.15) is 11.4 Å². The molecule has 0 fully saturated rings. The molecule has 0 aliphatic rings. The first kappa shape index (κ1) is 19.5. The zero-order chi connectivity index (χ0) is 19.6. The highest BCUT2D eigenvalue weighted by Gasteiger charge is 2.32. The number of carbonyl (C=O) groups excluding carboxylic acids is 1. The Morgan fingerprint density at radius 2 is 1.85 bits per heavy atom. The number of hydrogen-bond acceptors (Lipinski definition) is 4. The smallest absolute Gasteiger partial charge is 0.416 e. The summed E-state index contributed by atoms with van der Waals surface area (Å²) in [6.07, 6.45) is -4.77. The van der Waals surface area contributed by atoms with Crippen LogP contribution in [0.25, 0.3) is 11.3 Å². The van der Waals surface area contributed by atoms with Gasteiger partial charge in [-0.15, -0.1) is 0 Å². The van der Waals surface area contributed by atoms with Crippen LogP contribution < -0.4 is 10.3 Å². The van der Waals surface area contributed by atoms with E-state index < -0.39 is 29.1 Å². The molecule has 1 aromatic heterocycles. The first-order valence-corrected chi connectivity index (χ1v) is 7.43. The van der Waals surface area contributed by atoms with Gasteiger partial charge in [0.25, 0.3) is 5.56 Å². The number of halogens is 4. The predicted octanol–water partition coefficient (Wildman–Crippen LogP) is 3.40. The van der Waals surface area contributed by atoms with Gasteiger partial charge in [-0.1, -0.05) is 0 Å². The van der Waals surface area contributed by atoms with E-state index in [1.54, 1.807) is 6.92 Å². The number of methoxy groups -OCH3 is 1. The number of benzene rings is 1. The van der Waals surface area contributed by atoms with Crippen molar-refractivity contribution < 1.29 is 31.8 Å². The molecule has 0 N–H and O–H groups in total. The molecule has 1 aromatic carbocycles. The maximum Gasteiger partial charge on any atom is 0.416 e. The van der Waals surface area contributed by atoms with Gasteiger partial charge in [-0.25, -0.2) is 9.18 Å². The fraction of sp³-hybridized carbons (Fsp3) is 0.294. The van der Waals surface area contributed by atoms with Crippen LogP contribution in [0.1, 0.15) is 22.8 Å². The zero-order valence-electron chi connectivity index (χ0n) is 14.1. The quantitative estimate of drug-likeness (QED) is 0.609. The summed E-state index contributed by atoms with van der Waals surface area (Å²) in [5, 5.41) is 0. The maximum atomic E-state index is 13.7. The predicted molar refractivity (Wildman–Crippen MR) is 84.6 cm³/mol. The molecular weight excluding hydrogens is 358 g/mol. The number of esters is 1. The topological polar surface area (TPSA) is 57.5 Å². The summed E-state index contributed by atoms with van der Waals surface area (Å²) in [7, 11) is 2.44. The van der Waals surface area contributed by atoms with Crippen LogP contribution in [0.3, 0.4) is 0 Å². The van der Waals surface area contributed by atoms with Gasteiger partial charge in [0.05, 0.1) is 25.0 Å². The first-order chi connectivity index (χ1) is 12.1. The minimum Gasteiger partial charge on any atom is -0.490 e. The minimum atomic E-state index is -4.77. The molecule has 0 saturated heterocycles.